The fourth-order valence-electron chi connectivity index (χ4n) is 4.04. The summed E-state index contributed by atoms with van der Waals surface area (Å²) in [7, 11) is 2.11. The van der Waals surface area contributed by atoms with Gasteiger partial charge >= 0.3 is 0 Å². The Morgan fingerprint density at radius 3 is 2.65 bits per heavy atom. The highest BCUT2D eigenvalue weighted by Gasteiger charge is 2.15. The van der Waals surface area contributed by atoms with Crippen molar-refractivity contribution in [3.05, 3.63) is 88.5 Å². The number of nitrogen functional groups attached to an aromatic ring is 1. The van der Waals surface area contributed by atoms with Gasteiger partial charge in [0.25, 0.3) is 11.8 Å². The summed E-state index contributed by atoms with van der Waals surface area (Å²) in [4.78, 5) is 28.7. The number of rotatable bonds is 7. The van der Waals surface area contributed by atoms with Crippen LogP contribution in [-0.4, -0.2) is 36.1 Å². The van der Waals surface area contributed by atoms with Crippen molar-refractivity contribution in [3.63, 3.8) is 0 Å². The van der Waals surface area contributed by atoms with Gasteiger partial charge in [0.1, 0.15) is 0 Å². The van der Waals surface area contributed by atoms with Crippen LogP contribution in [0.2, 0.25) is 0 Å². The summed E-state index contributed by atoms with van der Waals surface area (Å²) >= 11 is 1.61. The summed E-state index contributed by atoms with van der Waals surface area (Å²) in [5.41, 5.74) is 12.0. The first-order chi connectivity index (χ1) is 16.4. The zero-order valence-electron chi connectivity index (χ0n) is 19.6. The number of anilines is 2. The molecule has 3 aromatic rings. The van der Waals surface area contributed by atoms with E-state index in [9.17, 15) is 9.59 Å². The van der Waals surface area contributed by atoms with E-state index in [1.165, 1.54) is 11.1 Å². The monoisotopic (exact) mass is 474 g/mol. The molecule has 0 fully saturated rings. The third kappa shape index (κ3) is 5.79. The molecule has 0 aliphatic carbocycles. The van der Waals surface area contributed by atoms with E-state index in [0.717, 1.165) is 41.4 Å². The minimum Gasteiger partial charge on any atom is -0.398 e. The molecule has 1 aliphatic heterocycles. The average molecular weight is 475 g/mol. The predicted molar refractivity (Wildman–Crippen MR) is 139 cm³/mol. The molecule has 0 saturated carbocycles. The maximum Gasteiger partial charge on any atom is 0.255 e. The standard InChI is InChI=1S/C27H30N4O2S/c1-3-34-25-15-21(8-10-24(25)28)26(32)29-16-18-5-4-6-20(13-18)27(33)30-23-9-7-19-11-12-31(2)17-22(19)14-23/h4-10,13-15H,3,11-12,16-17,28H2,1-2H3,(H,29,32)(H,30,33). The molecule has 3 aromatic carbocycles. The Morgan fingerprint density at radius 1 is 1.00 bits per heavy atom. The summed E-state index contributed by atoms with van der Waals surface area (Å²) in [5, 5.41) is 5.94. The molecule has 0 bridgehead atoms. The molecule has 1 aliphatic rings. The Labute approximate surface area is 204 Å². The number of benzene rings is 3. The first-order valence-electron chi connectivity index (χ1n) is 11.4. The number of carbonyl (C=O) groups is 2. The van der Waals surface area contributed by atoms with E-state index in [2.05, 4.69) is 34.7 Å². The lowest BCUT2D eigenvalue weighted by molar-refractivity contribution is 0.0950. The van der Waals surface area contributed by atoms with Crippen molar-refractivity contribution in [2.45, 2.75) is 31.3 Å². The lowest BCUT2D eigenvalue weighted by Crippen LogP contribution is -2.26. The van der Waals surface area contributed by atoms with Crippen LogP contribution in [-0.2, 0) is 19.5 Å². The van der Waals surface area contributed by atoms with Crippen molar-refractivity contribution in [3.8, 4) is 0 Å². The lowest BCUT2D eigenvalue weighted by Gasteiger charge is -2.25. The van der Waals surface area contributed by atoms with E-state index in [-0.39, 0.29) is 11.8 Å². The number of hydrogen-bond acceptors (Lipinski definition) is 5. The van der Waals surface area contributed by atoms with Gasteiger partial charge in [0.15, 0.2) is 0 Å². The molecule has 0 radical (unpaired) electrons. The molecule has 4 N–H and O–H groups in total. The number of nitrogens with two attached hydrogens (primary N) is 1. The molecule has 176 valence electrons. The highest BCUT2D eigenvalue weighted by molar-refractivity contribution is 7.99. The Hall–Kier alpha value is -3.29. The first-order valence-corrected chi connectivity index (χ1v) is 12.4. The predicted octanol–water partition coefficient (Wildman–Crippen LogP) is 4.55. The van der Waals surface area contributed by atoms with Gasteiger partial charge in [-0.2, -0.15) is 0 Å². The molecule has 34 heavy (non-hydrogen) atoms. The normalized spacial score (nSPS) is 13.2. The van der Waals surface area contributed by atoms with E-state index in [1.807, 2.05) is 37.3 Å². The molecule has 6 nitrogen and oxygen atoms in total. The molecule has 2 amide bonds. The van der Waals surface area contributed by atoms with Gasteiger partial charge in [0, 0.05) is 47.0 Å². The minimum absolute atomic E-state index is 0.169. The van der Waals surface area contributed by atoms with Crippen LogP contribution >= 0.6 is 11.8 Å². The summed E-state index contributed by atoms with van der Waals surface area (Å²) in [6.07, 6.45) is 1.03. The van der Waals surface area contributed by atoms with Crippen LogP contribution in [0.4, 0.5) is 11.4 Å². The molecule has 1 heterocycles. The maximum absolute atomic E-state index is 12.9. The second kappa shape index (κ2) is 10.8. The third-order valence-electron chi connectivity index (χ3n) is 5.89. The second-order valence-electron chi connectivity index (χ2n) is 8.49. The van der Waals surface area contributed by atoms with Gasteiger partial charge in [-0.25, -0.2) is 0 Å². The fraction of sp³-hybridized carbons (Fsp3) is 0.259. The number of nitrogens with one attached hydrogen (secondary N) is 2. The van der Waals surface area contributed by atoms with Crippen molar-refractivity contribution in [1.82, 2.24) is 10.2 Å². The van der Waals surface area contributed by atoms with Gasteiger partial charge in [-0.15, -0.1) is 11.8 Å². The van der Waals surface area contributed by atoms with Crippen molar-refractivity contribution in [1.29, 1.82) is 0 Å². The summed E-state index contributed by atoms with van der Waals surface area (Å²) in [6, 6.07) is 18.7. The van der Waals surface area contributed by atoms with Crippen LogP contribution < -0.4 is 16.4 Å². The molecule has 0 aromatic heterocycles. The topological polar surface area (TPSA) is 87.5 Å². The van der Waals surface area contributed by atoms with Gasteiger partial charge in [0.2, 0.25) is 0 Å². The van der Waals surface area contributed by atoms with Crippen LogP contribution in [0, 0.1) is 0 Å². The van der Waals surface area contributed by atoms with Gasteiger partial charge < -0.3 is 21.3 Å². The van der Waals surface area contributed by atoms with E-state index in [4.69, 9.17) is 5.73 Å². The van der Waals surface area contributed by atoms with Crippen molar-refractivity contribution < 1.29 is 9.59 Å². The number of thioether (sulfide) groups is 1. The van der Waals surface area contributed by atoms with Crippen molar-refractivity contribution in [2.75, 3.05) is 30.4 Å². The van der Waals surface area contributed by atoms with Crippen molar-refractivity contribution >= 4 is 35.0 Å². The zero-order chi connectivity index (χ0) is 24.1. The van der Waals surface area contributed by atoms with E-state index in [0.29, 0.717) is 23.4 Å². The summed E-state index contributed by atoms with van der Waals surface area (Å²) in [5.74, 6) is 0.538. The fourth-order valence-corrected chi connectivity index (χ4v) is 4.80. The highest BCUT2D eigenvalue weighted by atomic mass is 32.2. The number of amides is 2. The molecule has 7 heteroatoms. The molecule has 0 atom stereocenters. The van der Waals surface area contributed by atoms with Crippen LogP contribution in [0.25, 0.3) is 0 Å². The molecule has 0 spiro atoms. The van der Waals surface area contributed by atoms with Gasteiger partial charge in [-0.05, 0) is 78.4 Å². The Kier molecular flexibility index (Phi) is 7.55. The van der Waals surface area contributed by atoms with E-state index >= 15 is 0 Å². The van der Waals surface area contributed by atoms with Crippen LogP contribution in [0.1, 0.15) is 44.3 Å². The lowest BCUT2D eigenvalue weighted by atomic mass is 9.99. The molecule has 4 rings (SSSR count). The number of nitrogens with zero attached hydrogens (tertiary/aromatic N) is 1. The van der Waals surface area contributed by atoms with Crippen LogP contribution in [0.15, 0.2) is 65.6 Å². The van der Waals surface area contributed by atoms with Crippen molar-refractivity contribution in [2.24, 2.45) is 0 Å². The molecule has 0 saturated heterocycles. The Balaban J connectivity index is 1.39. The maximum atomic E-state index is 12.9. The van der Waals surface area contributed by atoms with Gasteiger partial charge in [-0.3, -0.25) is 9.59 Å². The Bertz CT molecular complexity index is 1210. The van der Waals surface area contributed by atoms with Gasteiger partial charge in [-0.1, -0.05) is 25.1 Å². The largest absolute Gasteiger partial charge is 0.398 e. The smallest absolute Gasteiger partial charge is 0.255 e. The van der Waals surface area contributed by atoms with E-state index < -0.39 is 0 Å². The van der Waals surface area contributed by atoms with E-state index in [1.54, 1.807) is 30.0 Å². The Morgan fingerprint density at radius 2 is 1.82 bits per heavy atom. The van der Waals surface area contributed by atoms with Gasteiger partial charge in [0.05, 0.1) is 0 Å². The van der Waals surface area contributed by atoms with Crippen LogP contribution in [0.3, 0.4) is 0 Å². The number of carbonyl (C=O) groups excluding carboxylic acids is 2. The SMILES string of the molecule is CCSc1cc(C(=O)NCc2cccc(C(=O)Nc3ccc4c(c3)CN(C)CC4)c2)ccc1N. The summed E-state index contributed by atoms with van der Waals surface area (Å²) < 4.78 is 0. The first kappa shape index (κ1) is 23.9. The number of hydrogen-bond donors (Lipinski definition) is 3. The second-order valence-corrected chi connectivity index (χ2v) is 9.80. The molecular weight excluding hydrogens is 444 g/mol. The minimum atomic E-state index is -0.174. The quantitative estimate of drug-likeness (QED) is 0.345. The highest BCUT2D eigenvalue weighted by Crippen LogP contribution is 2.26. The summed E-state index contributed by atoms with van der Waals surface area (Å²) in [6.45, 7) is 4.32. The third-order valence-corrected chi connectivity index (χ3v) is 6.84. The average Bonchev–Trinajstić information content (AvgIpc) is 2.84. The number of fused-ring (bicyclic) bond motifs is 1. The zero-order valence-corrected chi connectivity index (χ0v) is 20.4. The van der Waals surface area contributed by atoms with Crippen LogP contribution in [0.5, 0.6) is 0 Å². The number of likely N-dealkylation sites (N-methyl/N-ethyl adjacent to an activating group) is 1. The molecular formula is C27H30N4O2S. The molecule has 0 unspecified atom stereocenters.